The van der Waals surface area contributed by atoms with Crippen LogP contribution in [-0.4, -0.2) is 41.6 Å². The smallest absolute Gasteiger partial charge is 0.232 e. The second-order valence-electron chi connectivity index (χ2n) is 6.00. The molecule has 1 aromatic carbocycles. The number of nitrogens with zero attached hydrogens (tertiary/aromatic N) is 1. The number of carbonyl (C=O) groups excluding carboxylic acids is 2. The zero-order chi connectivity index (χ0) is 16.7. The molecule has 2 atom stereocenters. The first-order valence-electron chi connectivity index (χ1n) is 8.31. The van der Waals surface area contributed by atoms with E-state index in [9.17, 15) is 9.59 Å². The summed E-state index contributed by atoms with van der Waals surface area (Å²) < 4.78 is 0. The van der Waals surface area contributed by atoms with E-state index in [-0.39, 0.29) is 17.9 Å². The first-order valence-corrected chi connectivity index (χ1v) is 9.36. The van der Waals surface area contributed by atoms with E-state index in [0.717, 1.165) is 25.8 Å². The van der Waals surface area contributed by atoms with Crippen molar-refractivity contribution in [2.75, 3.05) is 18.8 Å². The van der Waals surface area contributed by atoms with Gasteiger partial charge in [0.25, 0.3) is 0 Å². The van der Waals surface area contributed by atoms with Gasteiger partial charge < -0.3 is 10.2 Å². The third kappa shape index (κ3) is 5.57. The van der Waals surface area contributed by atoms with Crippen molar-refractivity contribution in [2.24, 2.45) is 0 Å². The summed E-state index contributed by atoms with van der Waals surface area (Å²) in [6, 6.07) is 10.5. The molecule has 4 nitrogen and oxygen atoms in total. The van der Waals surface area contributed by atoms with E-state index in [0.29, 0.717) is 17.5 Å². The monoisotopic (exact) mass is 334 g/mol. The number of thioether (sulfide) groups is 1. The number of hydrogen-bond donors (Lipinski definition) is 1. The quantitative estimate of drug-likeness (QED) is 0.870. The zero-order valence-electron chi connectivity index (χ0n) is 14.0. The first-order chi connectivity index (χ1) is 11.1. The Balaban J connectivity index is 1.85. The van der Waals surface area contributed by atoms with Gasteiger partial charge in [0.1, 0.15) is 0 Å². The van der Waals surface area contributed by atoms with Gasteiger partial charge in [0.15, 0.2) is 0 Å². The second-order valence-corrected chi connectivity index (χ2v) is 7.19. The van der Waals surface area contributed by atoms with Crippen LogP contribution in [0.15, 0.2) is 30.3 Å². The van der Waals surface area contributed by atoms with Gasteiger partial charge in [-0.15, -0.1) is 11.8 Å². The third-order valence-corrected chi connectivity index (χ3v) is 5.55. The molecule has 5 heteroatoms. The van der Waals surface area contributed by atoms with Gasteiger partial charge >= 0.3 is 0 Å². The van der Waals surface area contributed by atoms with E-state index in [1.54, 1.807) is 11.8 Å². The maximum atomic E-state index is 12.5. The molecule has 2 unspecified atom stereocenters. The van der Waals surface area contributed by atoms with E-state index < -0.39 is 0 Å². The summed E-state index contributed by atoms with van der Waals surface area (Å²) >= 11 is 1.71. The Morgan fingerprint density at radius 3 is 2.74 bits per heavy atom. The van der Waals surface area contributed by atoms with Crippen molar-refractivity contribution >= 4 is 23.6 Å². The molecule has 0 bridgehead atoms. The Morgan fingerprint density at radius 1 is 1.35 bits per heavy atom. The van der Waals surface area contributed by atoms with Crippen LogP contribution in [0.25, 0.3) is 0 Å². The highest BCUT2D eigenvalue weighted by molar-refractivity contribution is 8.00. The Bertz CT molecular complexity index is 521. The molecular weight excluding hydrogens is 308 g/mol. The van der Waals surface area contributed by atoms with E-state index in [2.05, 4.69) is 24.4 Å². The summed E-state index contributed by atoms with van der Waals surface area (Å²) in [5, 5.41) is 3.29. The van der Waals surface area contributed by atoms with E-state index in [1.807, 2.05) is 23.1 Å². The van der Waals surface area contributed by atoms with Crippen molar-refractivity contribution in [3.05, 3.63) is 35.9 Å². The van der Waals surface area contributed by atoms with Crippen LogP contribution in [0, 0.1) is 0 Å². The molecule has 1 fully saturated rings. The number of piperidine rings is 1. The first kappa shape index (κ1) is 17.9. The number of carbonyl (C=O) groups is 2. The predicted molar refractivity (Wildman–Crippen MR) is 95.4 cm³/mol. The molecule has 0 radical (unpaired) electrons. The Kier molecular flexibility index (Phi) is 6.96. The van der Waals surface area contributed by atoms with Gasteiger partial charge in [-0.1, -0.05) is 37.3 Å². The molecule has 23 heavy (non-hydrogen) atoms. The van der Waals surface area contributed by atoms with Crippen LogP contribution in [0.2, 0.25) is 0 Å². The van der Waals surface area contributed by atoms with Gasteiger partial charge in [-0.05, 0) is 24.8 Å². The lowest BCUT2D eigenvalue weighted by atomic mass is 10.1. The highest BCUT2D eigenvalue weighted by Crippen LogP contribution is 2.31. The topological polar surface area (TPSA) is 49.4 Å². The molecule has 1 saturated heterocycles. The van der Waals surface area contributed by atoms with E-state index >= 15 is 0 Å². The Hall–Kier alpha value is -1.49. The second kappa shape index (κ2) is 8.96. The highest BCUT2D eigenvalue weighted by Gasteiger charge is 2.24. The minimum absolute atomic E-state index is 0.0196. The Morgan fingerprint density at radius 2 is 2.09 bits per heavy atom. The number of hydrogen-bond acceptors (Lipinski definition) is 3. The maximum Gasteiger partial charge on any atom is 0.232 e. The molecule has 1 heterocycles. The van der Waals surface area contributed by atoms with Crippen molar-refractivity contribution in [1.82, 2.24) is 10.2 Å². The minimum Gasteiger partial charge on any atom is -0.352 e. The molecule has 126 valence electrons. The van der Waals surface area contributed by atoms with Gasteiger partial charge in [-0.2, -0.15) is 0 Å². The lowest BCUT2D eigenvalue weighted by Crippen LogP contribution is -2.49. The summed E-state index contributed by atoms with van der Waals surface area (Å²) in [5.41, 5.74) is 1.28. The fourth-order valence-corrected chi connectivity index (χ4v) is 4.10. The number of likely N-dealkylation sites (tertiary alicyclic amines) is 1. The van der Waals surface area contributed by atoms with Crippen LogP contribution in [0.4, 0.5) is 0 Å². The largest absolute Gasteiger partial charge is 0.352 e. The van der Waals surface area contributed by atoms with Crippen molar-refractivity contribution in [1.29, 1.82) is 0 Å². The summed E-state index contributed by atoms with van der Waals surface area (Å²) in [4.78, 5) is 25.6. The van der Waals surface area contributed by atoms with Gasteiger partial charge in [0.2, 0.25) is 11.8 Å². The van der Waals surface area contributed by atoms with Crippen LogP contribution in [-0.2, 0) is 9.59 Å². The zero-order valence-corrected chi connectivity index (χ0v) is 14.8. The molecule has 0 aromatic heterocycles. The average molecular weight is 334 g/mol. The summed E-state index contributed by atoms with van der Waals surface area (Å²) in [5.74, 6) is 0.661. The molecule has 1 N–H and O–H groups in total. The molecule has 0 aliphatic carbocycles. The lowest BCUT2D eigenvalue weighted by Gasteiger charge is -2.33. The van der Waals surface area contributed by atoms with Gasteiger partial charge in [-0.25, -0.2) is 0 Å². The minimum atomic E-state index is -0.0196. The van der Waals surface area contributed by atoms with Crippen LogP contribution in [0.3, 0.4) is 0 Å². The molecule has 1 aliphatic heterocycles. The van der Waals surface area contributed by atoms with Crippen molar-refractivity contribution < 1.29 is 9.59 Å². The summed E-state index contributed by atoms with van der Waals surface area (Å²) in [6.07, 6.45) is 2.92. The molecule has 2 amide bonds. The Labute approximate surface area is 143 Å². The molecular formula is C18H26N2O2S. The van der Waals surface area contributed by atoms with Crippen LogP contribution >= 0.6 is 11.8 Å². The predicted octanol–water partition coefficient (Wildman–Crippen LogP) is 3.00. The number of nitrogens with one attached hydrogen (secondary N) is 1. The fraction of sp³-hybridized carbons (Fsp3) is 0.556. The fourth-order valence-electron chi connectivity index (χ4n) is 2.99. The summed E-state index contributed by atoms with van der Waals surface area (Å²) in [6.45, 7) is 5.13. The normalized spacial score (nSPS) is 19.2. The highest BCUT2D eigenvalue weighted by atomic mass is 32.2. The molecule has 0 saturated carbocycles. The molecule has 1 aromatic rings. The van der Waals surface area contributed by atoms with Crippen LogP contribution in [0.1, 0.15) is 43.9 Å². The standard InChI is InChI=1S/C18H26N2O2S/c1-3-17(15-8-5-4-6-9-15)23-13-18(22)20-11-7-10-16(12-20)19-14(2)21/h4-6,8-9,16-17H,3,7,10-13H2,1-2H3,(H,19,21). The van der Waals surface area contributed by atoms with E-state index in [1.165, 1.54) is 12.5 Å². The van der Waals surface area contributed by atoms with Gasteiger partial charge in [-0.3, -0.25) is 9.59 Å². The van der Waals surface area contributed by atoms with Crippen LogP contribution < -0.4 is 5.32 Å². The third-order valence-electron chi connectivity index (χ3n) is 4.13. The maximum absolute atomic E-state index is 12.5. The van der Waals surface area contributed by atoms with Gasteiger partial charge in [0.05, 0.1) is 5.75 Å². The number of rotatable bonds is 6. The molecule has 0 spiro atoms. The van der Waals surface area contributed by atoms with Crippen molar-refractivity contribution in [3.8, 4) is 0 Å². The SMILES string of the molecule is CCC(SCC(=O)N1CCCC(NC(C)=O)C1)c1ccccc1. The molecule has 1 aliphatic rings. The average Bonchev–Trinajstić information content (AvgIpc) is 2.56. The lowest BCUT2D eigenvalue weighted by molar-refractivity contribution is -0.130. The summed E-state index contributed by atoms with van der Waals surface area (Å²) in [7, 11) is 0. The van der Waals surface area contributed by atoms with E-state index in [4.69, 9.17) is 0 Å². The van der Waals surface area contributed by atoms with Crippen LogP contribution in [0.5, 0.6) is 0 Å². The van der Waals surface area contributed by atoms with Crippen molar-refractivity contribution in [2.45, 2.75) is 44.4 Å². The number of amides is 2. The van der Waals surface area contributed by atoms with Crippen molar-refractivity contribution in [3.63, 3.8) is 0 Å². The molecule has 2 rings (SSSR count). The van der Waals surface area contributed by atoms with Gasteiger partial charge in [0, 0.05) is 31.3 Å². The number of benzene rings is 1.